The SMILES string of the molecule is CCCCNC(=O)[C@H](C)N(Cc1ccccc1Cl)C(=O)CN(c1cc(Cl)ccc1Cl)S(C)(=O)=O. The normalized spacial score (nSPS) is 12.2. The van der Waals surface area contributed by atoms with Crippen LogP contribution in [0.15, 0.2) is 42.5 Å². The van der Waals surface area contributed by atoms with E-state index in [2.05, 4.69) is 5.32 Å². The Morgan fingerprint density at radius 2 is 1.74 bits per heavy atom. The zero-order valence-electron chi connectivity index (χ0n) is 19.2. The molecular formula is C23H28Cl3N3O4S. The molecule has 0 aliphatic carbocycles. The van der Waals surface area contributed by atoms with Gasteiger partial charge in [0, 0.05) is 23.1 Å². The van der Waals surface area contributed by atoms with Crippen molar-refractivity contribution < 1.29 is 18.0 Å². The number of nitrogens with zero attached hydrogens (tertiary/aromatic N) is 2. The van der Waals surface area contributed by atoms with Crippen molar-refractivity contribution in [2.24, 2.45) is 0 Å². The fraction of sp³-hybridized carbons (Fsp3) is 0.391. The monoisotopic (exact) mass is 547 g/mol. The Hall–Kier alpha value is -2.00. The highest BCUT2D eigenvalue weighted by molar-refractivity contribution is 7.92. The second-order valence-corrected chi connectivity index (χ2v) is 11.0. The van der Waals surface area contributed by atoms with E-state index in [9.17, 15) is 18.0 Å². The van der Waals surface area contributed by atoms with Crippen molar-refractivity contribution in [2.75, 3.05) is 23.7 Å². The molecule has 34 heavy (non-hydrogen) atoms. The summed E-state index contributed by atoms with van der Waals surface area (Å²) in [5, 5.41) is 3.62. The molecule has 1 N–H and O–H groups in total. The molecule has 186 valence electrons. The molecule has 0 heterocycles. The third kappa shape index (κ3) is 7.77. The van der Waals surface area contributed by atoms with Gasteiger partial charge in [-0.05, 0) is 43.2 Å². The first-order valence-corrected chi connectivity index (χ1v) is 13.7. The van der Waals surface area contributed by atoms with Gasteiger partial charge in [-0.25, -0.2) is 8.42 Å². The molecule has 0 saturated heterocycles. The molecule has 0 radical (unpaired) electrons. The first-order valence-electron chi connectivity index (χ1n) is 10.7. The van der Waals surface area contributed by atoms with Crippen LogP contribution in [0.25, 0.3) is 0 Å². The summed E-state index contributed by atoms with van der Waals surface area (Å²) >= 11 is 18.6. The lowest BCUT2D eigenvalue weighted by atomic mass is 10.1. The van der Waals surface area contributed by atoms with Crippen LogP contribution in [0.5, 0.6) is 0 Å². The van der Waals surface area contributed by atoms with E-state index in [0.29, 0.717) is 17.1 Å². The Morgan fingerprint density at radius 3 is 2.35 bits per heavy atom. The van der Waals surface area contributed by atoms with Gasteiger partial charge < -0.3 is 10.2 Å². The van der Waals surface area contributed by atoms with Crippen LogP contribution in [0.3, 0.4) is 0 Å². The number of hydrogen-bond acceptors (Lipinski definition) is 4. The fourth-order valence-electron chi connectivity index (χ4n) is 3.20. The van der Waals surface area contributed by atoms with Gasteiger partial charge >= 0.3 is 0 Å². The Labute approximate surface area is 216 Å². The van der Waals surface area contributed by atoms with Crippen LogP contribution < -0.4 is 9.62 Å². The highest BCUT2D eigenvalue weighted by Crippen LogP contribution is 2.31. The Balaban J connectivity index is 2.41. The number of carbonyl (C=O) groups is 2. The van der Waals surface area contributed by atoms with E-state index >= 15 is 0 Å². The molecule has 2 amide bonds. The topological polar surface area (TPSA) is 86.8 Å². The molecule has 0 aliphatic heterocycles. The maximum Gasteiger partial charge on any atom is 0.244 e. The van der Waals surface area contributed by atoms with Gasteiger partial charge in [-0.1, -0.05) is 66.3 Å². The second-order valence-electron chi connectivity index (χ2n) is 7.80. The molecule has 0 aromatic heterocycles. The molecule has 0 unspecified atom stereocenters. The largest absolute Gasteiger partial charge is 0.354 e. The van der Waals surface area contributed by atoms with Crippen molar-refractivity contribution in [1.29, 1.82) is 0 Å². The Kier molecular flexibility index (Phi) is 10.5. The molecule has 0 spiro atoms. The standard InChI is InChI=1S/C23H28Cl3N3O4S/c1-4-5-12-27-23(31)16(2)28(14-17-8-6-7-9-19(17)25)22(30)15-29(34(3,32)33)21-13-18(24)10-11-20(21)26/h6-11,13,16H,4-5,12,14-15H2,1-3H3,(H,27,31)/t16-/m0/s1. The zero-order chi connectivity index (χ0) is 25.5. The minimum atomic E-state index is -3.91. The molecular weight excluding hydrogens is 521 g/mol. The molecule has 2 aromatic rings. The number of amides is 2. The summed E-state index contributed by atoms with van der Waals surface area (Å²) in [5.41, 5.74) is 0.695. The molecule has 11 heteroatoms. The summed E-state index contributed by atoms with van der Waals surface area (Å²) in [4.78, 5) is 27.6. The Bertz CT molecular complexity index is 1130. The van der Waals surface area contributed by atoms with Crippen LogP contribution in [0.1, 0.15) is 32.3 Å². The number of halogens is 3. The number of sulfonamides is 1. The Morgan fingerprint density at radius 1 is 1.06 bits per heavy atom. The van der Waals surface area contributed by atoms with Crippen LogP contribution in [-0.2, 0) is 26.2 Å². The van der Waals surface area contributed by atoms with E-state index in [1.54, 1.807) is 31.2 Å². The molecule has 1 atom stereocenters. The minimum Gasteiger partial charge on any atom is -0.354 e. The van der Waals surface area contributed by atoms with Gasteiger partial charge in [-0.15, -0.1) is 0 Å². The molecule has 2 rings (SSSR count). The summed E-state index contributed by atoms with van der Waals surface area (Å²) in [6, 6.07) is 10.4. The number of anilines is 1. The van der Waals surface area contributed by atoms with Gasteiger partial charge in [-0.2, -0.15) is 0 Å². The molecule has 2 aromatic carbocycles. The number of rotatable bonds is 11. The van der Waals surface area contributed by atoms with E-state index in [4.69, 9.17) is 34.8 Å². The number of benzene rings is 2. The number of nitrogens with one attached hydrogen (secondary N) is 1. The number of carbonyl (C=O) groups excluding carboxylic acids is 2. The number of unbranched alkanes of at least 4 members (excludes halogenated alkanes) is 1. The van der Waals surface area contributed by atoms with Gasteiger partial charge in [0.05, 0.1) is 17.0 Å². The second kappa shape index (κ2) is 12.6. The minimum absolute atomic E-state index is 0.0156. The fourth-order valence-corrected chi connectivity index (χ4v) is 4.69. The predicted octanol–water partition coefficient (Wildman–Crippen LogP) is 4.75. The summed E-state index contributed by atoms with van der Waals surface area (Å²) in [6.07, 6.45) is 2.67. The van der Waals surface area contributed by atoms with E-state index in [-0.39, 0.29) is 28.2 Å². The summed E-state index contributed by atoms with van der Waals surface area (Å²) in [7, 11) is -3.91. The average molecular weight is 549 g/mol. The molecule has 7 nitrogen and oxygen atoms in total. The summed E-state index contributed by atoms with van der Waals surface area (Å²) in [5.74, 6) is -0.944. The van der Waals surface area contributed by atoms with Crippen LogP contribution in [0.4, 0.5) is 5.69 Å². The van der Waals surface area contributed by atoms with Crippen LogP contribution >= 0.6 is 34.8 Å². The summed E-state index contributed by atoms with van der Waals surface area (Å²) in [6.45, 7) is 3.51. The van der Waals surface area contributed by atoms with Gasteiger partial charge in [0.15, 0.2) is 0 Å². The first-order chi connectivity index (χ1) is 16.0. The van der Waals surface area contributed by atoms with Gasteiger partial charge in [-0.3, -0.25) is 13.9 Å². The van der Waals surface area contributed by atoms with Crippen molar-refractivity contribution in [3.8, 4) is 0 Å². The van der Waals surface area contributed by atoms with E-state index in [1.807, 2.05) is 6.92 Å². The lowest BCUT2D eigenvalue weighted by Crippen LogP contribution is -2.51. The average Bonchev–Trinajstić information content (AvgIpc) is 2.77. The maximum atomic E-state index is 13.5. The third-order valence-corrected chi connectivity index (χ3v) is 7.20. The quantitative estimate of drug-likeness (QED) is 0.411. The van der Waals surface area contributed by atoms with Crippen LogP contribution in [0, 0.1) is 0 Å². The van der Waals surface area contributed by atoms with Crippen molar-refractivity contribution in [1.82, 2.24) is 10.2 Å². The smallest absolute Gasteiger partial charge is 0.244 e. The van der Waals surface area contributed by atoms with Crippen molar-refractivity contribution >= 4 is 62.3 Å². The van der Waals surface area contributed by atoms with Crippen LogP contribution in [0.2, 0.25) is 15.1 Å². The lowest BCUT2D eigenvalue weighted by molar-refractivity contribution is -0.139. The molecule has 0 aliphatic rings. The van der Waals surface area contributed by atoms with Crippen molar-refractivity contribution in [3.63, 3.8) is 0 Å². The van der Waals surface area contributed by atoms with Gasteiger partial charge in [0.1, 0.15) is 12.6 Å². The lowest BCUT2D eigenvalue weighted by Gasteiger charge is -2.32. The zero-order valence-corrected chi connectivity index (χ0v) is 22.3. The van der Waals surface area contributed by atoms with Gasteiger partial charge in [0.2, 0.25) is 21.8 Å². The van der Waals surface area contributed by atoms with E-state index < -0.39 is 28.5 Å². The number of hydrogen-bond donors (Lipinski definition) is 1. The van der Waals surface area contributed by atoms with E-state index in [0.717, 1.165) is 23.4 Å². The van der Waals surface area contributed by atoms with Crippen LogP contribution in [-0.4, -0.2) is 50.5 Å². The third-order valence-electron chi connectivity index (χ3n) is 5.15. The van der Waals surface area contributed by atoms with E-state index in [1.165, 1.54) is 23.1 Å². The molecule has 0 fully saturated rings. The highest BCUT2D eigenvalue weighted by atomic mass is 35.5. The van der Waals surface area contributed by atoms with Crippen molar-refractivity contribution in [2.45, 2.75) is 39.3 Å². The molecule has 0 saturated carbocycles. The van der Waals surface area contributed by atoms with Gasteiger partial charge in [0.25, 0.3) is 0 Å². The summed E-state index contributed by atoms with van der Waals surface area (Å²) < 4.78 is 26.1. The predicted molar refractivity (Wildman–Crippen MR) is 138 cm³/mol. The maximum absolute atomic E-state index is 13.5. The van der Waals surface area contributed by atoms with Crippen molar-refractivity contribution in [3.05, 3.63) is 63.1 Å². The highest BCUT2D eigenvalue weighted by Gasteiger charge is 2.31. The molecule has 0 bridgehead atoms. The first kappa shape index (κ1) is 28.2.